The maximum Gasteiger partial charge on any atom is 0.342 e. The van der Waals surface area contributed by atoms with Crippen molar-refractivity contribution in [1.82, 2.24) is 4.31 Å². The number of nitrogens with zero attached hydrogens (tertiary/aromatic N) is 1. The summed E-state index contributed by atoms with van der Waals surface area (Å²) in [5, 5.41) is 0. The minimum atomic E-state index is -3.56. The van der Waals surface area contributed by atoms with Crippen LogP contribution in [0, 0.1) is 0 Å². The summed E-state index contributed by atoms with van der Waals surface area (Å²) >= 11 is 0. The fourth-order valence-corrected chi connectivity index (χ4v) is 3.55. The van der Waals surface area contributed by atoms with Gasteiger partial charge in [-0.1, -0.05) is 42.5 Å². The largest absolute Gasteiger partial charge is 0.457 e. The van der Waals surface area contributed by atoms with Crippen molar-refractivity contribution in [1.29, 1.82) is 0 Å². The van der Waals surface area contributed by atoms with Crippen LogP contribution in [-0.2, 0) is 21.4 Å². The molecule has 0 bridgehead atoms. The maximum absolute atomic E-state index is 12.6. The minimum absolute atomic E-state index is 0.0602. The van der Waals surface area contributed by atoms with Crippen LogP contribution in [0.4, 0.5) is 0 Å². The van der Waals surface area contributed by atoms with E-state index < -0.39 is 16.0 Å². The molecule has 6 nitrogen and oxygen atoms in total. The first kappa shape index (κ1) is 20.6. The second kappa shape index (κ2) is 8.89. The molecule has 0 atom stereocenters. The Morgan fingerprint density at radius 1 is 0.897 bits per heavy atom. The van der Waals surface area contributed by atoms with Gasteiger partial charge < -0.3 is 9.47 Å². The molecule has 7 heteroatoms. The summed E-state index contributed by atoms with van der Waals surface area (Å²) in [5.74, 6) is 0.430. The number of hydrogen-bond donors (Lipinski definition) is 0. The first-order valence-corrected chi connectivity index (χ1v) is 10.3. The molecule has 0 fully saturated rings. The number of ether oxygens (including phenoxy) is 2. The molecule has 0 spiro atoms. The molecule has 3 rings (SSSR count). The molecule has 0 saturated carbocycles. The highest BCUT2D eigenvalue weighted by molar-refractivity contribution is 7.89. The molecule has 0 N–H and O–H groups in total. The molecule has 0 aliphatic rings. The molecule has 0 aliphatic heterocycles. The number of carbonyl (C=O) groups excluding carboxylic acids is 1. The highest BCUT2D eigenvalue weighted by Crippen LogP contribution is 2.26. The molecule has 150 valence electrons. The predicted octanol–water partition coefficient (Wildman–Crippen LogP) is 4.09. The lowest BCUT2D eigenvalue weighted by Gasteiger charge is -2.13. The number of para-hydroxylation sites is 2. The number of esters is 1. The zero-order valence-electron chi connectivity index (χ0n) is 16.1. The predicted molar refractivity (Wildman–Crippen MR) is 109 cm³/mol. The van der Waals surface area contributed by atoms with Gasteiger partial charge in [0.05, 0.1) is 4.90 Å². The van der Waals surface area contributed by atoms with Crippen molar-refractivity contribution in [2.24, 2.45) is 0 Å². The van der Waals surface area contributed by atoms with Gasteiger partial charge in [-0.05, 0) is 42.0 Å². The van der Waals surface area contributed by atoms with E-state index in [1.807, 2.05) is 18.2 Å². The lowest BCUT2D eigenvalue weighted by atomic mass is 10.2. The van der Waals surface area contributed by atoms with E-state index in [-0.39, 0.29) is 17.1 Å². The highest BCUT2D eigenvalue weighted by atomic mass is 32.2. The fraction of sp³-hybridized carbons (Fsp3) is 0.136. The monoisotopic (exact) mass is 411 g/mol. The van der Waals surface area contributed by atoms with Gasteiger partial charge >= 0.3 is 5.97 Å². The number of rotatable bonds is 7. The van der Waals surface area contributed by atoms with E-state index in [1.165, 1.54) is 26.2 Å². The smallest absolute Gasteiger partial charge is 0.342 e. The topological polar surface area (TPSA) is 72.9 Å². The van der Waals surface area contributed by atoms with Gasteiger partial charge in [-0.15, -0.1) is 0 Å². The summed E-state index contributed by atoms with van der Waals surface area (Å²) in [4.78, 5) is 12.7. The first-order valence-electron chi connectivity index (χ1n) is 8.88. The van der Waals surface area contributed by atoms with Crippen LogP contribution in [-0.4, -0.2) is 32.8 Å². The van der Waals surface area contributed by atoms with Crippen LogP contribution in [0.2, 0.25) is 0 Å². The fourth-order valence-electron chi connectivity index (χ4n) is 2.57. The maximum atomic E-state index is 12.6. The lowest BCUT2D eigenvalue weighted by molar-refractivity contribution is 0.0469. The quantitative estimate of drug-likeness (QED) is 0.548. The highest BCUT2D eigenvalue weighted by Gasteiger charge is 2.18. The molecule has 0 saturated heterocycles. The molecule has 29 heavy (non-hydrogen) atoms. The lowest BCUT2D eigenvalue weighted by Crippen LogP contribution is -2.22. The van der Waals surface area contributed by atoms with Gasteiger partial charge in [0.1, 0.15) is 23.7 Å². The van der Waals surface area contributed by atoms with Gasteiger partial charge in [0.2, 0.25) is 10.0 Å². The number of sulfonamides is 1. The van der Waals surface area contributed by atoms with Crippen molar-refractivity contribution in [3.8, 4) is 11.5 Å². The minimum Gasteiger partial charge on any atom is -0.457 e. The third-order valence-electron chi connectivity index (χ3n) is 4.12. The van der Waals surface area contributed by atoms with E-state index in [2.05, 4.69) is 0 Å². The van der Waals surface area contributed by atoms with Crippen LogP contribution in [0.1, 0.15) is 15.9 Å². The van der Waals surface area contributed by atoms with Crippen molar-refractivity contribution < 1.29 is 22.7 Å². The van der Waals surface area contributed by atoms with Crippen molar-refractivity contribution in [3.05, 3.63) is 90.0 Å². The van der Waals surface area contributed by atoms with Gasteiger partial charge in [0, 0.05) is 14.1 Å². The van der Waals surface area contributed by atoms with Crippen LogP contribution < -0.4 is 4.74 Å². The summed E-state index contributed by atoms with van der Waals surface area (Å²) in [6.07, 6.45) is 0. The van der Waals surface area contributed by atoms with Crippen LogP contribution in [0.25, 0.3) is 0 Å². The zero-order chi connectivity index (χ0) is 20.9. The van der Waals surface area contributed by atoms with Gasteiger partial charge in [-0.3, -0.25) is 0 Å². The Kier molecular flexibility index (Phi) is 6.31. The normalized spacial score (nSPS) is 11.3. The zero-order valence-corrected chi connectivity index (χ0v) is 16.9. The van der Waals surface area contributed by atoms with Crippen molar-refractivity contribution >= 4 is 16.0 Å². The Labute approximate surface area is 170 Å². The molecule has 0 unspecified atom stereocenters. The van der Waals surface area contributed by atoms with E-state index in [4.69, 9.17) is 9.47 Å². The number of benzene rings is 3. The molecule has 0 heterocycles. The number of hydrogen-bond acceptors (Lipinski definition) is 5. The van der Waals surface area contributed by atoms with E-state index in [0.717, 1.165) is 4.31 Å². The summed E-state index contributed by atoms with van der Waals surface area (Å²) < 4.78 is 36.8. The second-order valence-electron chi connectivity index (χ2n) is 6.42. The van der Waals surface area contributed by atoms with Crippen molar-refractivity contribution in [2.75, 3.05) is 14.1 Å². The van der Waals surface area contributed by atoms with E-state index in [0.29, 0.717) is 17.1 Å². The third-order valence-corrected chi connectivity index (χ3v) is 5.94. The molecule has 0 radical (unpaired) electrons. The van der Waals surface area contributed by atoms with Crippen LogP contribution >= 0.6 is 0 Å². The Balaban J connectivity index is 1.74. The summed E-state index contributed by atoms with van der Waals surface area (Å²) in [5.41, 5.74) is 0.858. The Morgan fingerprint density at radius 3 is 2.31 bits per heavy atom. The molecule has 3 aromatic carbocycles. The van der Waals surface area contributed by atoms with Crippen molar-refractivity contribution in [2.45, 2.75) is 11.5 Å². The standard InChI is InChI=1S/C22H21NO5S/c1-23(2)29(25,26)19-12-8-9-17(15-19)16-27-22(24)20-13-6-7-14-21(20)28-18-10-4-3-5-11-18/h3-15H,16H2,1-2H3. The average Bonchev–Trinajstić information content (AvgIpc) is 2.73. The van der Waals surface area contributed by atoms with Crippen molar-refractivity contribution in [3.63, 3.8) is 0 Å². The number of carbonyl (C=O) groups is 1. The van der Waals surface area contributed by atoms with Gasteiger partial charge in [-0.25, -0.2) is 17.5 Å². The summed E-state index contributed by atoms with van der Waals surface area (Å²) in [6, 6.07) is 22.2. The first-order chi connectivity index (χ1) is 13.9. The molecular formula is C22H21NO5S. The molecule has 0 amide bonds. The van der Waals surface area contributed by atoms with Gasteiger partial charge in [0.15, 0.2) is 0 Å². The molecular weight excluding hydrogens is 390 g/mol. The SMILES string of the molecule is CN(C)S(=O)(=O)c1cccc(COC(=O)c2ccccc2Oc2ccccc2)c1. The van der Waals surface area contributed by atoms with Crippen LogP contribution in [0.15, 0.2) is 83.8 Å². The summed E-state index contributed by atoms with van der Waals surface area (Å²) in [7, 11) is -0.631. The molecule has 3 aromatic rings. The summed E-state index contributed by atoms with van der Waals surface area (Å²) in [6.45, 7) is -0.0602. The molecule has 0 aromatic heterocycles. The third kappa shape index (κ3) is 5.01. The van der Waals surface area contributed by atoms with E-state index in [1.54, 1.807) is 48.5 Å². The second-order valence-corrected chi connectivity index (χ2v) is 8.57. The van der Waals surface area contributed by atoms with E-state index >= 15 is 0 Å². The molecule has 0 aliphatic carbocycles. The van der Waals surface area contributed by atoms with Gasteiger partial charge in [-0.2, -0.15) is 0 Å². The Bertz CT molecular complexity index is 1090. The average molecular weight is 411 g/mol. The Morgan fingerprint density at radius 2 is 1.59 bits per heavy atom. The van der Waals surface area contributed by atoms with Gasteiger partial charge in [0.25, 0.3) is 0 Å². The van der Waals surface area contributed by atoms with Crippen LogP contribution in [0.3, 0.4) is 0 Å². The Hall–Kier alpha value is -3.16. The van der Waals surface area contributed by atoms with E-state index in [9.17, 15) is 13.2 Å². The van der Waals surface area contributed by atoms with Crippen LogP contribution in [0.5, 0.6) is 11.5 Å².